The van der Waals surface area contributed by atoms with Crippen LogP contribution >= 0.6 is 0 Å². The number of hydrogen-bond donors (Lipinski definition) is 2. The van der Waals surface area contributed by atoms with Crippen LogP contribution in [0.2, 0.25) is 0 Å². The van der Waals surface area contributed by atoms with Crippen molar-refractivity contribution in [3.63, 3.8) is 0 Å². The predicted octanol–water partition coefficient (Wildman–Crippen LogP) is 2.61. The van der Waals surface area contributed by atoms with E-state index in [1.807, 2.05) is 56.3 Å². The van der Waals surface area contributed by atoms with Gasteiger partial charge in [0, 0.05) is 13.0 Å². The third-order valence-corrected chi connectivity index (χ3v) is 2.93. The van der Waals surface area contributed by atoms with Gasteiger partial charge in [0.05, 0.1) is 6.10 Å². The predicted molar refractivity (Wildman–Crippen MR) is 78.6 cm³/mol. The van der Waals surface area contributed by atoms with E-state index in [1.54, 1.807) is 0 Å². The summed E-state index contributed by atoms with van der Waals surface area (Å²) >= 11 is 0. The van der Waals surface area contributed by atoms with Crippen LogP contribution in [0.5, 0.6) is 0 Å². The molecule has 0 aromatic heterocycles. The lowest BCUT2D eigenvalue weighted by Crippen LogP contribution is -2.34. The van der Waals surface area contributed by atoms with Crippen molar-refractivity contribution in [3.8, 4) is 0 Å². The van der Waals surface area contributed by atoms with Crippen molar-refractivity contribution >= 4 is 12.0 Å². The van der Waals surface area contributed by atoms with E-state index in [1.165, 1.54) is 0 Å². The van der Waals surface area contributed by atoms with Crippen molar-refractivity contribution in [1.29, 1.82) is 0 Å². The number of hydrogen-bond acceptors (Lipinski definition) is 2. The van der Waals surface area contributed by atoms with Gasteiger partial charge < -0.3 is 10.4 Å². The van der Waals surface area contributed by atoms with E-state index in [-0.39, 0.29) is 11.8 Å². The van der Waals surface area contributed by atoms with Gasteiger partial charge in [-0.15, -0.1) is 0 Å². The highest BCUT2D eigenvalue weighted by Gasteiger charge is 2.09. The summed E-state index contributed by atoms with van der Waals surface area (Å²) in [5.74, 6) is 0.149. The van der Waals surface area contributed by atoms with Crippen molar-refractivity contribution in [2.45, 2.75) is 32.8 Å². The van der Waals surface area contributed by atoms with Gasteiger partial charge in [-0.05, 0) is 17.9 Å². The van der Waals surface area contributed by atoms with Crippen LogP contribution < -0.4 is 5.32 Å². The molecule has 0 saturated carbocycles. The maximum Gasteiger partial charge on any atom is 0.220 e. The van der Waals surface area contributed by atoms with Gasteiger partial charge in [0.15, 0.2) is 0 Å². The number of aliphatic hydroxyl groups is 1. The number of nitrogens with one attached hydrogen (secondary N) is 1. The van der Waals surface area contributed by atoms with Gasteiger partial charge in [-0.25, -0.2) is 0 Å². The zero-order valence-corrected chi connectivity index (χ0v) is 11.7. The average Bonchev–Trinajstić information content (AvgIpc) is 2.42. The summed E-state index contributed by atoms with van der Waals surface area (Å²) in [7, 11) is 0. The Morgan fingerprint density at radius 3 is 2.63 bits per heavy atom. The largest absolute Gasteiger partial charge is 0.391 e. The molecule has 19 heavy (non-hydrogen) atoms. The smallest absolute Gasteiger partial charge is 0.220 e. The lowest BCUT2D eigenvalue weighted by Gasteiger charge is -2.14. The van der Waals surface area contributed by atoms with Crippen molar-refractivity contribution in [3.05, 3.63) is 42.0 Å². The van der Waals surface area contributed by atoms with Crippen molar-refractivity contribution < 1.29 is 9.90 Å². The van der Waals surface area contributed by atoms with E-state index in [9.17, 15) is 9.90 Å². The molecule has 0 radical (unpaired) electrons. The Balaban J connectivity index is 2.19. The van der Waals surface area contributed by atoms with E-state index < -0.39 is 6.10 Å². The normalized spacial score (nSPS) is 12.8. The van der Waals surface area contributed by atoms with Crippen LogP contribution in [0, 0.1) is 5.92 Å². The minimum atomic E-state index is -0.469. The molecule has 0 aliphatic carbocycles. The first-order valence-corrected chi connectivity index (χ1v) is 6.76. The SMILES string of the molecule is CC(C)C(O)CNC(=O)CC/C=C/c1ccccc1. The van der Waals surface area contributed by atoms with Gasteiger partial charge >= 0.3 is 0 Å². The lowest BCUT2D eigenvalue weighted by molar-refractivity contribution is -0.121. The maximum absolute atomic E-state index is 11.5. The Labute approximate surface area is 115 Å². The Morgan fingerprint density at radius 1 is 1.32 bits per heavy atom. The van der Waals surface area contributed by atoms with Crippen molar-refractivity contribution in [1.82, 2.24) is 5.32 Å². The molecule has 0 bridgehead atoms. The second-order valence-electron chi connectivity index (χ2n) is 4.97. The molecule has 0 fully saturated rings. The number of benzene rings is 1. The lowest BCUT2D eigenvalue weighted by atomic mass is 10.1. The summed E-state index contributed by atoms with van der Waals surface area (Å²) < 4.78 is 0. The van der Waals surface area contributed by atoms with E-state index in [0.717, 1.165) is 5.56 Å². The van der Waals surface area contributed by atoms with Gasteiger partial charge in [0.2, 0.25) is 5.91 Å². The Bertz CT molecular complexity index is 398. The minimum absolute atomic E-state index is 0.0163. The first-order chi connectivity index (χ1) is 9.09. The molecule has 3 heteroatoms. The zero-order valence-electron chi connectivity index (χ0n) is 11.7. The van der Waals surface area contributed by atoms with Gasteiger partial charge in [-0.2, -0.15) is 0 Å². The topological polar surface area (TPSA) is 49.3 Å². The fourth-order valence-corrected chi connectivity index (χ4v) is 1.54. The molecule has 1 aromatic rings. The van der Waals surface area contributed by atoms with Crippen LogP contribution in [0.25, 0.3) is 6.08 Å². The summed E-state index contributed by atoms with van der Waals surface area (Å²) in [6.07, 6.45) is 4.69. The molecule has 2 N–H and O–H groups in total. The molecule has 0 aliphatic heterocycles. The van der Waals surface area contributed by atoms with Crippen LogP contribution in [0.3, 0.4) is 0 Å². The maximum atomic E-state index is 11.5. The van der Waals surface area contributed by atoms with Crippen molar-refractivity contribution in [2.75, 3.05) is 6.54 Å². The molecule has 0 saturated heterocycles. The fourth-order valence-electron chi connectivity index (χ4n) is 1.54. The Kier molecular flexibility index (Phi) is 6.90. The molecule has 0 spiro atoms. The van der Waals surface area contributed by atoms with E-state index in [0.29, 0.717) is 19.4 Å². The third kappa shape index (κ3) is 6.77. The molecule has 0 heterocycles. The van der Waals surface area contributed by atoms with Gasteiger partial charge in [0.1, 0.15) is 0 Å². The molecular formula is C16H23NO2. The second kappa shape index (κ2) is 8.48. The zero-order chi connectivity index (χ0) is 14.1. The van der Waals surface area contributed by atoms with Crippen LogP contribution in [0.4, 0.5) is 0 Å². The number of carbonyl (C=O) groups excluding carboxylic acids is 1. The van der Waals surface area contributed by atoms with Crippen molar-refractivity contribution in [2.24, 2.45) is 5.92 Å². The first kappa shape index (κ1) is 15.4. The minimum Gasteiger partial charge on any atom is -0.391 e. The third-order valence-electron chi connectivity index (χ3n) is 2.93. The number of allylic oxidation sites excluding steroid dienone is 1. The molecule has 3 nitrogen and oxygen atoms in total. The summed E-state index contributed by atoms with van der Waals surface area (Å²) in [5, 5.41) is 12.3. The highest BCUT2D eigenvalue weighted by atomic mass is 16.3. The highest BCUT2D eigenvalue weighted by Crippen LogP contribution is 2.03. The van der Waals surface area contributed by atoms with Crippen LogP contribution in [-0.4, -0.2) is 23.7 Å². The van der Waals surface area contributed by atoms with Crippen LogP contribution in [0.15, 0.2) is 36.4 Å². The summed E-state index contributed by atoms with van der Waals surface area (Å²) in [6, 6.07) is 10.00. The standard InChI is InChI=1S/C16H23NO2/c1-13(2)15(18)12-17-16(19)11-7-6-10-14-8-4-3-5-9-14/h3-6,8-10,13,15,18H,7,11-12H2,1-2H3,(H,17,19)/b10-6+. The summed E-state index contributed by atoms with van der Waals surface area (Å²) in [5.41, 5.74) is 1.14. The van der Waals surface area contributed by atoms with E-state index in [2.05, 4.69) is 5.32 Å². The van der Waals surface area contributed by atoms with Gasteiger partial charge in [-0.1, -0.05) is 56.3 Å². The average molecular weight is 261 g/mol. The molecule has 1 rings (SSSR count). The monoisotopic (exact) mass is 261 g/mol. The van der Waals surface area contributed by atoms with Crippen LogP contribution in [0.1, 0.15) is 32.3 Å². The molecular weight excluding hydrogens is 238 g/mol. The quantitative estimate of drug-likeness (QED) is 0.792. The molecule has 1 amide bonds. The molecule has 0 aliphatic rings. The number of rotatable bonds is 7. The summed E-state index contributed by atoms with van der Waals surface area (Å²) in [4.78, 5) is 11.5. The highest BCUT2D eigenvalue weighted by molar-refractivity contribution is 5.76. The van der Waals surface area contributed by atoms with E-state index >= 15 is 0 Å². The first-order valence-electron chi connectivity index (χ1n) is 6.76. The Morgan fingerprint density at radius 2 is 2.00 bits per heavy atom. The molecule has 104 valence electrons. The molecule has 1 unspecified atom stereocenters. The van der Waals surface area contributed by atoms with Gasteiger partial charge in [0.25, 0.3) is 0 Å². The fraction of sp³-hybridized carbons (Fsp3) is 0.438. The molecule has 1 aromatic carbocycles. The number of amides is 1. The van der Waals surface area contributed by atoms with E-state index in [4.69, 9.17) is 0 Å². The van der Waals surface area contributed by atoms with Gasteiger partial charge in [-0.3, -0.25) is 4.79 Å². The van der Waals surface area contributed by atoms with Crippen LogP contribution in [-0.2, 0) is 4.79 Å². The second-order valence-corrected chi connectivity index (χ2v) is 4.97. The number of aliphatic hydroxyl groups excluding tert-OH is 1. The molecule has 1 atom stereocenters. The Hall–Kier alpha value is -1.61. The summed E-state index contributed by atoms with van der Waals surface area (Å²) in [6.45, 7) is 4.19. The number of carbonyl (C=O) groups is 1.